The van der Waals surface area contributed by atoms with Crippen molar-refractivity contribution >= 4 is 17.2 Å². The van der Waals surface area contributed by atoms with Crippen LogP contribution in [0.2, 0.25) is 0 Å². The van der Waals surface area contributed by atoms with Crippen molar-refractivity contribution in [3.8, 4) is 0 Å². The van der Waals surface area contributed by atoms with Gasteiger partial charge >= 0.3 is 0 Å². The van der Waals surface area contributed by atoms with E-state index in [1.165, 1.54) is 17.7 Å². The molecular weight excluding hydrogens is 294 g/mol. The third kappa shape index (κ3) is 5.07. The Kier molecular flexibility index (Phi) is 6.01. The second-order valence-electron chi connectivity index (χ2n) is 7.41. The minimum Gasteiger partial charge on any atom is -0.354 e. The number of piperidine rings is 1. The molecule has 22 heavy (non-hydrogen) atoms. The minimum atomic E-state index is -0.446. The van der Waals surface area contributed by atoms with Crippen LogP contribution in [-0.2, 0) is 11.3 Å². The fraction of sp³-hybridized carbons (Fsp3) is 0.706. The molecule has 0 saturated carbocycles. The Labute approximate surface area is 138 Å². The van der Waals surface area contributed by atoms with Crippen molar-refractivity contribution < 1.29 is 4.79 Å². The fourth-order valence-corrected chi connectivity index (χ4v) is 3.58. The number of carbonyl (C=O) groups is 1. The first-order valence-electron chi connectivity index (χ1n) is 8.14. The van der Waals surface area contributed by atoms with Gasteiger partial charge in [0.25, 0.3) is 0 Å². The molecule has 124 valence electrons. The first-order valence-corrected chi connectivity index (χ1v) is 9.02. The van der Waals surface area contributed by atoms with E-state index in [4.69, 9.17) is 5.73 Å². The summed E-state index contributed by atoms with van der Waals surface area (Å²) in [5.74, 6) is 0.507. The Morgan fingerprint density at radius 3 is 2.95 bits per heavy atom. The minimum absolute atomic E-state index is 0.0251. The first kappa shape index (κ1) is 17.4. The molecule has 1 aliphatic heterocycles. The van der Waals surface area contributed by atoms with E-state index in [0.29, 0.717) is 5.92 Å². The summed E-state index contributed by atoms with van der Waals surface area (Å²) in [5, 5.41) is 5.18. The highest BCUT2D eigenvalue weighted by atomic mass is 32.1. The molecule has 1 aromatic heterocycles. The summed E-state index contributed by atoms with van der Waals surface area (Å²) in [6, 6.07) is 3.85. The number of rotatable bonds is 5. The maximum absolute atomic E-state index is 12.1. The fourth-order valence-electron chi connectivity index (χ4n) is 2.83. The Hall–Kier alpha value is -0.910. The second-order valence-corrected chi connectivity index (χ2v) is 8.44. The molecule has 1 unspecified atom stereocenters. The van der Waals surface area contributed by atoms with Crippen LogP contribution in [0, 0.1) is 11.3 Å². The molecule has 0 bridgehead atoms. The van der Waals surface area contributed by atoms with Gasteiger partial charge in [0.1, 0.15) is 0 Å². The number of hydrogen-bond donors (Lipinski definition) is 2. The molecule has 2 rings (SSSR count). The Bertz CT molecular complexity index is 467. The zero-order valence-electron chi connectivity index (χ0n) is 14.0. The van der Waals surface area contributed by atoms with Crippen LogP contribution >= 0.6 is 11.3 Å². The van der Waals surface area contributed by atoms with Crippen molar-refractivity contribution in [3.63, 3.8) is 0 Å². The summed E-state index contributed by atoms with van der Waals surface area (Å²) < 4.78 is 0. The number of thiophene rings is 1. The average Bonchev–Trinajstić information content (AvgIpc) is 2.96. The van der Waals surface area contributed by atoms with Crippen molar-refractivity contribution in [2.24, 2.45) is 17.1 Å². The van der Waals surface area contributed by atoms with Crippen molar-refractivity contribution in [1.29, 1.82) is 0 Å². The maximum Gasteiger partial charge on any atom is 0.237 e. The molecule has 0 aliphatic carbocycles. The molecule has 0 radical (unpaired) electrons. The van der Waals surface area contributed by atoms with Gasteiger partial charge < -0.3 is 11.1 Å². The highest BCUT2D eigenvalue weighted by molar-refractivity contribution is 7.09. The van der Waals surface area contributed by atoms with E-state index >= 15 is 0 Å². The predicted molar refractivity (Wildman–Crippen MR) is 92.8 cm³/mol. The lowest BCUT2D eigenvalue weighted by atomic mass is 9.87. The van der Waals surface area contributed by atoms with Crippen LogP contribution in [0.4, 0.5) is 0 Å². The average molecular weight is 324 g/mol. The molecular formula is C17H29N3OS. The number of nitrogens with zero attached hydrogens (tertiary/aromatic N) is 1. The van der Waals surface area contributed by atoms with Gasteiger partial charge in [0, 0.05) is 24.5 Å². The third-order valence-electron chi connectivity index (χ3n) is 4.34. The largest absolute Gasteiger partial charge is 0.354 e. The van der Waals surface area contributed by atoms with Gasteiger partial charge in [-0.1, -0.05) is 26.8 Å². The van der Waals surface area contributed by atoms with E-state index in [2.05, 4.69) is 27.7 Å². The quantitative estimate of drug-likeness (QED) is 0.875. The Balaban J connectivity index is 1.77. The SMILES string of the molecule is CC(C)(C)[C@H](N)C(=O)NCC1CCCN(Cc2cccs2)C1. The highest BCUT2D eigenvalue weighted by Gasteiger charge is 2.28. The number of nitrogens with one attached hydrogen (secondary N) is 1. The molecule has 2 heterocycles. The maximum atomic E-state index is 12.1. The van der Waals surface area contributed by atoms with Gasteiger partial charge in [-0.15, -0.1) is 11.3 Å². The van der Waals surface area contributed by atoms with Gasteiger partial charge in [-0.05, 0) is 42.2 Å². The van der Waals surface area contributed by atoms with Crippen molar-refractivity contribution in [3.05, 3.63) is 22.4 Å². The highest BCUT2D eigenvalue weighted by Crippen LogP contribution is 2.21. The number of nitrogens with two attached hydrogens (primary N) is 1. The molecule has 0 aromatic carbocycles. The van der Waals surface area contributed by atoms with Crippen LogP contribution in [0.5, 0.6) is 0 Å². The number of amides is 1. The molecule has 4 nitrogen and oxygen atoms in total. The van der Waals surface area contributed by atoms with E-state index < -0.39 is 6.04 Å². The van der Waals surface area contributed by atoms with Crippen LogP contribution in [0.1, 0.15) is 38.5 Å². The summed E-state index contributed by atoms with van der Waals surface area (Å²) in [6.45, 7) is 9.99. The van der Waals surface area contributed by atoms with Gasteiger partial charge in [-0.2, -0.15) is 0 Å². The van der Waals surface area contributed by atoms with Gasteiger partial charge in [0.05, 0.1) is 6.04 Å². The zero-order valence-corrected chi connectivity index (χ0v) is 14.8. The lowest BCUT2D eigenvalue weighted by molar-refractivity contribution is -0.124. The van der Waals surface area contributed by atoms with Crippen LogP contribution in [0.3, 0.4) is 0 Å². The van der Waals surface area contributed by atoms with E-state index in [9.17, 15) is 4.79 Å². The van der Waals surface area contributed by atoms with Crippen LogP contribution in [-0.4, -0.2) is 36.5 Å². The molecule has 1 aromatic rings. The smallest absolute Gasteiger partial charge is 0.237 e. The summed E-state index contributed by atoms with van der Waals surface area (Å²) >= 11 is 1.81. The van der Waals surface area contributed by atoms with Crippen molar-refractivity contribution in [1.82, 2.24) is 10.2 Å². The molecule has 0 spiro atoms. The monoisotopic (exact) mass is 323 g/mol. The van der Waals surface area contributed by atoms with Crippen LogP contribution in [0.25, 0.3) is 0 Å². The number of hydrogen-bond acceptors (Lipinski definition) is 4. The summed E-state index contributed by atoms with van der Waals surface area (Å²) in [5.41, 5.74) is 5.81. The van der Waals surface area contributed by atoms with Gasteiger partial charge in [0.15, 0.2) is 0 Å². The molecule has 5 heteroatoms. The summed E-state index contributed by atoms with van der Waals surface area (Å²) in [6.07, 6.45) is 2.39. The van der Waals surface area contributed by atoms with E-state index in [0.717, 1.165) is 26.2 Å². The van der Waals surface area contributed by atoms with Crippen molar-refractivity contribution in [2.45, 2.75) is 46.2 Å². The Morgan fingerprint density at radius 2 is 2.32 bits per heavy atom. The molecule has 2 atom stereocenters. The topological polar surface area (TPSA) is 58.4 Å². The molecule has 1 aliphatic rings. The van der Waals surface area contributed by atoms with Gasteiger partial charge in [0.2, 0.25) is 5.91 Å². The first-order chi connectivity index (χ1) is 10.4. The van der Waals surface area contributed by atoms with E-state index in [1.807, 2.05) is 32.1 Å². The normalized spacial score (nSPS) is 21.5. The molecule has 1 fully saturated rings. The molecule has 1 amide bonds. The standard InChI is InChI=1S/C17H29N3OS/c1-17(2,3)15(18)16(21)19-10-13-6-4-8-20(11-13)12-14-7-5-9-22-14/h5,7,9,13,15H,4,6,8,10-12,18H2,1-3H3,(H,19,21)/t13?,15-/m1/s1. The van der Waals surface area contributed by atoms with Gasteiger partial charge in [-0.25, -0.2) is 0 Å². The summed E-state index contributed by atoms with van der Waals surface area (Å²) in [7, 11) is 0. The number of likely N-dealkylation sites (tertiary alicyclic amines) is 1. The summed E-state index contributed by atoms with van der Waals surface area (Å²) in [4.78, 5) is 16.0. The second kappa shape index (κ2) is 7.57. The van der Waals surface area contributed by atoms with E-state index in [1.54, 1.807) is 0 Å². The van der Waals surface area contributed by atoms with Crippen LogP contribution in [0.15, 0.2) is 17.5 Å². The van der Waals surface area contributed by atoms with Crippen molar-refractivity contribution in [2.75, 3.05) is 19.6 Å². The third-order valence-corrected chi connectivity index (χ3v) is 5.20. The molecule has 3 N–H and O–H groups in total. The molecule has 1 saturated heterocycles. The lowest BCUT2D eigenvalue weighted by Crippen LogP contribution is -2.50. The van der Waals surface area contributed by atoms with Gasteiger partial charge in [-0.3, -0.25) is 9.69 Å². The zero-order chi connectivity index (χ0) is 16.2. The van der Waals surface area contributed by atoms with Crippen LogP contribution < -0.4 is 11.1 Å². The predicted octanol–water partition coefficient (Wildman–Crippen LogP) is 2.45. The van der Waals surface area contributed by atoms with E-state index in [-0.39, 0.29) is 11.3 Å². The number of carbonyl (C=O) groups excluding carboxylic acids is 1. The Morgan fingerprint density at radius 1 is 1.55 bits per heavy atom. The lowest BCUT2D eigenvalue weighted by Gasteiger charge is -2.33.